The molecule has 2 aromatic carbocycles. The molecule has 21 heavy (non-hydrogen) atoms. The molecule has 0 radical (unpaired) electrons. The van der Waals surface area contributed by atoms with Crippen LogP contribution in [0.15, 0.2) is 46.9 Å². The zero-order valence-corrected chi connectivity index (χ0v) is 11.4. The van der Waals surface area contributed by atoms with Crippen molar-refractivity contribution in [1.82, 2.24) is 4.98 Å². The van der Waals surface area contributed by atoms with Gasteiger partial charge in [-0.3, -0.25) is 0 Å². The van der Waals surface area contributed by atoms with Crippen molar-refractivity contribution < 1.29 is 19.1 Å². The SMILES string of the molecule is COc1cccc(Cc2nc3cccc(C(=O)O)c3o2)c1. The Bertz CT molecular complexity index is 807. The van der Waals surface area contributed by atoms with Crippen LogP contribution in [0.5, 0.6) is 5.75 Å². The quantitative estimate of drug-likeness (QED) is 0.796. The van der Waals surface area contributed by atoms with Crippen LogP contribution < -0.4 is 4.74 Å². The minimum absolute atomic E-state index is 0.122. The maximum absolute atomic E-state index is 11.2. The Kier molecular flexibility index (Phi) is 3.31. The minimum Gasteiger partial charge on any atom is -0.497 e. The van der Waals surface area contributed by atoms with Gasteiger partial charge in [0.05, 0.1) is 7.11 Å². The van der Waals surface area contributed by atoms with Crippen molar-refractivity contribution in [3.05, 3.63) is 59.5 Å². The largest absolute Gasteiger partial charge is 0.497 e. The van der Waals surface area contributed by atoms with E-state index >= 15 is 0 Å². The molecule has 0 atom stereocenters. The number of carboxylic acids is 1. The van der Waals surface area contributed by atoms with Crippen LogP contribution in [0, 0.1) is 0 Å². The number of para-hydroxylation sites is 1. The number of carboxylic acid groups (broad SMARTS) is 1. The Morgan fingerprint density at radius 3 is 2.86 bits per heavy atom. The van der Waals surface area contributed by atoms with E-state index in [2.05, 4.69) is 4.98 Å². The molecule has 0 saturated heterocycles. The van der Waals surface area contributed by atoms with E-state index in [1.165, 1.54) is 6.07 Å². The summed E-state index contributed by atoms with van der Waals surface area (Å²) in [4.78, 5) is 15.5. The number of rotatable bonds is 4. The van der Waals surface area contributed by atoms with Crippen molar-refractivity contribution in [2.75, 3.05) is 7.11 Å². The Morgan fingerprint density at radius 1 is 1.29 bits per heavy atom. The zero-order valence-electron chi connectivity index (χ0n) is 11.4. The third-order valence-corrected chi connectivity index (χ3v) is 3.18. The summed E-state index contributed by atoms with van der Waals surface area (Å²) in [5.41, 5.74) is 1.96. The van der Waals surface area contributed by atoms with Gasteiger partial charge in [-0.15, -0.1) is 0 Å². The number of fused-ring (bicyclic) bond motifs is 1. The molecule has 3 aromatic rings. The van der Waals surface area contributed by atoms with E-state index in [4.69, 9.17) is 14.3 Å². The van der Waals surface area contributed by atoms with Crippen LogP contribution in [-0.2, 0) is 6.42 Å². The van der Waals surface area contributed by atoms with Crippen molar-refractivity contribution in [3.8, 4) is 5.75 Å². The molecule has 5 heteroatoms. The second-order valence-corrected chi connectivity index (χ2v) is 4.59. The summed E-state index contributed by atoms with van der Waals surface area (Å²) in [5, 5.41) is 9.15. The fourth-order valence-electron chi connectivity index (χ4n) is 2.20. The molecule has 0 aliphatic carbocycles. The number of methoxy groups -OCH3 is 1. The van der Waals surface area contributed by atoms with E-state index in [0.29, 0.717) is 23.4 Å². The van der Waals surface area contributed by atoms with Gasteiger partial charge < -0.3 is 14.3 Å². The summed E-state index contributed by atoms with van der Waals surface area (Å²) in [6.45, 7) is 0. The predicted octanol–water partition coefficient (Wildman–Crippen LogP) is 3.13. The van der Waals surface area contributed by atoms with E-state index < -0.39 is 5.97 Å². The predicted molar refractivity (Wildman–Crippen MR) is 76.8 cm³/mol. The van der Waals surface area contributed by atoms with Crippen LogP contribution in [0.2, 0.25) is 0 Å². The number of nitrogens with zero attached hydrogens (tertiary/aromatic N) is 1. The number of aromatic carboxylic acids is 1. The molecule has 0 amide bonds. The van der Waals surface area contributed by atoms with Gasteiger partial charge in [0, 0.05) is 6.42 Å². The minimum atomic E-state index is -1.02. The first-order chi connectivity index (χ1) is 10.2. The molecule has 0 aliphatic rings. The van der Waals surface area contributed by atoms with Gasteiger partial charge in [-0.1, -0.05) is 18.2 Å². The molecule has 106 valence electrons. The summed E-state index contributed by atoms with van der Waals surface area (Å²) < 4.78 is 10.8. The zero-order chi connectivity index (χ0) is 14.8. The molecule has 5 nitrogen and oxygen atoms in total. The van der Waals surface area contributed by atoms with Gasteiger partial charge in [-0.25, -0.2) is 9.78 Å². The van der Waals surface area contributed by atoms with Crippen molar-refractivity contribution in [2.45, 2.75) is 6.42 Å². The molecule has 0 bridgehead atoms. The van der Waals surface area contributed by atoms with Crippen molar-refractivity contribution in [3.63, 3.8) is 0 Å². The smallest absolute Gasteiger partial charge is 0.339 e. The van der Waals surface area contributed by atoms with Crippen molar-refractivity contribution in [1.29, 1.82) is 0 Å². The average molecular weight is 283 g/mol. The highest BCUT2D eigenvalue weighted by Crippen LogP contribution is 2.22. The number of benzene rings is 2. The van der Waals surface area contributed by atoms with E-state index in [0.717, 1.165) is 11.3 Å². The number of ether oxygens (including phenoxy) is 1. The molecule has 1 heterocycles. The molecule has 0 saturated carbocycles. The highest BCUT2D eigenvalue weighted by molar-refractivity contribution is 5.99. The molecule has 0 aliphatic heterocycles. The first-order valence-corrected chi connectivity index (χ1v) is 6.42. The summed E-state index contributed by atoms with van der Waals surface area (Å²) in [6.07, 6.45) is 0.477. The van der Waals surface area contributed by atoms with Crippen molar-refractivity contribution >= 4 is 17.1 Å². The van der Waals surface area contributed by atoms with Gasteiger partial charge in [0.1, 0.15) is 16.8 Å². The Hall–Kier alpha value is -2.82. The van der Waals surface area contributed by atoms with E-state index in [9.17, 15) is 4.79 Å². The van der Waals surface area contributed by atoms with Gasteiger partial charge in [0.2, 0.25) is 0 Å². The van der Waals surface area contributed by atoms with Crippen LogP contribution in [0.4, 0.5) is 0 Å². The summed E-state index contributed by atoms with van der Waals surface area (Å²) >= 11 is 0. The number of carbonyl (C=O) groups is 1. The highest BCUT2D eigenvalue weighted by atomic mass is 16.5. The van der Waals surface area contributed by atoms with Gasteiger partial charge in [-0.05, 0) is 29.8 Å². The first kappa shape index (κ1) is 13.2. The van der Waals surface area contributed by atoms with Crippen molar-refractivity contribution in [2.24, 2.45) is 0 Å². The fourth-order valence-corrected chi connectivity index (χ4v) is 2.20. The van der Waals surface area contributed by atoms with Gasteiger partial charge in [-0.2, -0.15) is 0 Å². The second-order valence-electron chi connectivity index (χ2n) is 4.59. The number of oxazole rings is 1. The Balaban J connectivity index is 1.98. The van der Waals surface area contributed by atoms with Crippen LogP contribution in [0.25, 0.3) is 11.1 Å². The van der Waals surface area contributed by atoms with E-state index in [1.807, 2.05) is 24.3 Å². The number of aromatic nitrogens is 1. The first-order valence-electron chi connectivity index (χ1n) is 6.42. The number of hydrogen-bond donors (Lipinski definition) is 1. The standard InChI is InChI=1S/C16H13NO4/c1-20-11-5-2-4-10(8-11)9-14-17-13-7-3-6-12(16(18)19)15(13)21-14/h2-8H,9H2,1H3,(H,18,19). The molecule has 1 aromatic heterocycles. The lowest BCUT2D eigenvalue weighted by Gasteiger charge is -2.01. The second kappa shape index (κ2) is 5.28. The van der Waals surface area contributed by atoms with Gasteiger partial charge in [0.25, 0.3) is 0 Å². The lowest BCUT2D eigenvalue weighted by Crippen LogP contribution is -1.95. The third kappa shape index (κ3) is 2.58. The number of hydrogen-bond acceptors (Lipinski definition) is 4. The molecule has 0 fully saturated rings. The molecule has 1 N–H and O–H groups in total. The van der Waals surface area contributed by atoms with E-state index in [1.54, 1.807) is 19.2 Å². The maximum atomic E-state index is 11.2. The maximum Gasteiger partial charge on any atom is 0.339 e. The van der Waals surface area contributed by atoms with Gasteiger partial charge in [0.15, 0.2) is 11.5 Å². The monoisotopic (exact) mass is 283 g/mol. The summed E-state index contributed by atoms with van der Waals surface area (Å²) in [6, 6.07) is 12.5. The van der Waals surface area contributed by atoms with Crippen LogP contribution in [0.1, 0.15) is 21.8 Å². The highest BCUT2D eigenvalue weighted by Gasteiger charge is 2.14. The molecule has 0 unspecified atom stereocenters. The molecular weight excluding hydrogens is 270 g/mol. The molecular formula is C16H13NO4. The Labute approximate surface area is 120 Å². The lowest BCUT2D eigenvalue weighted by atomic mass is 10.1. The molecule has 3 rings (SSSR count). The third-order valence-electron chi connectivity index (χ3n) is 3.18. The summed E-state index contributed by atoms with van der Waals surface area (Å²) in [7, 11) is 1.61. The lowest BCUT2D eigenvalue weighted by molar-refractivity contribution is 0.0698. The van der Waals surface area contributed by atoms with Gasteiger partial charge >= 0.3 is 5.97 Å². The normalized spacial score (nSPS) is 10.7. The fraction of sp³-hybridized carbons (Fsp3) is 0.125. The van der Waals surface area contributed by atoms with E-state index in [-0.39, 0.29) is 5.56 Å². The topological polar surface area (TPSA) is 72.6 Å². The van der Waals surface area contributed by atoms with Crippen LogP contribution in [0.3, 0.4) is 0 Å². The van der Waals surface area contributed by atoms with Crippen LogP contribution in [-0.4, -0.2) is 23.2 Å². The Morgan fingerprint density at radius 2 is 2.10 bits per heavy atom. The summed E-state index contributed by atoms with van der Waals surface area (Å²) in [5.74, 6) is 0.214. The average Bonchev–Trinajstić information content (AvgIpc) is 2.89. The molecule has 0 spiro atoms. The van der Waals surface area contributed by atoms with Crippen LogP contribution >= 0.6 is 0 Å².